The normalized spacial score (nSPS) is 23.3. The van der Waals surface area contributed by atoms with E-state index < -0.39 is 11.5 Å². The van der Waals surface area contributed by atoms with Crippen molar-refractivity contribution in [2.24, 2.45) is 5.92 Å². The molecule has 5 rings (SSSR count). The Labute approximate surface area is 175 Å². The van der Waals surface area contributed by atoms with Crippen molar-refractivity contribution in [3.05, 3.63) is 47.8 Å². The number of fused-ring (bicyclic) bond motifs is 2. The number of likely N-dealkylation sites (tertiary alicyclic amines) is 1. The highest BCUT2D eigenvalue weighted by atomic mass is 19.3. The van der Waals surface area contributed by atoms with Gasteiger partial charge in [0.25, 0.3) is 0 Å². The maximum atomic E-state index is 13.4. The molecule has 0 radical (unpaired) electrons. The van der Waals surface area contributed by atoms with Crippen molar-refractivity contribution in [2.75, 3.05) is 19.7 Å². The zero-order valence-corrected chi connectivity index (χ0v) is 17.0. The fourth-order valence-electron chi connectivity index (χ4n) is 5.13. The van der Waals surface area contributed by atoms with Crippen LogP contribution in [0.15, 0.2) is 36.5 Å². The molecule has 7 heteroatoms. The summed E-state index contributed by atoms with van der Waals surface area (Å²) in [6.45, 7) is 1.83. The minimum atomic E-state index is -2.60. The number of amides is 1. The molecule has 2 aliphatic heterocycles. The summed E-state index contributed by atoms with van der Waals surface area (Å²) < 4.78 is 35.1. The number of rotatable bonds is 2. The number of para-hydroxylation sites is 1. The summed E-state index contributed by atoms with van der Waals surface area (Å²) in [4.78, 5) is 14.7. The second kappa shape index (κ2) is 7.45. The van der Waals surface area contributed by atoms with Gasteiger partial charge in [-0.1, -0.05) is 18.2 Å². The van der Waals surface area contributed by atoms with Crippen LogP contribution >= 0.6 is 0 Å². The van der Waals surface area contributed by atoms with Crippen LogP contribution in [0.1, 0.15) is 49.8 Å². The molecule has 0 atom stereocenters. The van der Waals surface area contributed by atoms with E-state index in [1.165, 1.54) is 5.56 Å². The van der Waals surface area contributed by atoms with E-state index in [1.54, 1.807) is 0 Å². The molecule has 160 valence electrons. The van der Waals surface area contributed by atoms with Crippen LogP contribution in [0.25, 0.3) is 5.69 Å². The lowest BCUT2D eigenvalue weighted by Gasteiger charge is -2.44. The monoisotopic (exact) mass is 415 g/mol. The van der Waals surface area contributed by atoms with Crippen LogP contribution < -0.4 is 0 Å². The highest BCUT2D eigenvalue weighted by Gasteiger charge is 2.45. The average molecular weight is 415 g/mol. The number of hydrogen-bond donors (Lipinski definition) is 0. The molecule has 3 heterocycles. The van der Waals surface area contributed by atoms with Gasteiger partial charge >= 0.3 is 0 Å². The predicted octanol–water partition coefficient (Wildman–Crippen LogP) is 4.09. The Morgan fingerprint density at radius 3 is 2.47 bits per heavy atom. The zero-order chi connectivity index (χ0) is 20.8. The molecular formula is C23H27F2N3O2. The summed E-state index contributed by atoms with van der Waals surface area (Å²) in [5.41, 5.74) is 2.76. The maximum absolute atomic E-state index is 13.4. The molecule has 5 nitrogen and oxygen atoms in total. The van der Waals surface area contributed by atoms with Crippen molar-refractivity contribution < 1.29 is 18.3 Å². The van der Waals surface area contributed by atoms with E-state index in [4.69, 9.17) is 9.84 Å². The zero-order valence-electron chi connectivity index (χ0n) is 17.0. The minimum Gasteiger partial charge on any atom is -0.368 e. The fourth-order valence-corrected chi connectivity index (χ4v) is 5.13. The predicted molar refractivity (Wildman–Crippen MR) is 108 cm³/mol. The first-order chi connectivity index (χ1) is 14.5. The highest BCUT2D eigenvalue weighted by Crippen LogP contribution is 2.42. The molecule has 1 saturated heterocycles. The second-order valence-corrected chi connectivity index (χ2v) is 8.83. The van der Waals surface area contributed by atoms with Gasteiger partial charge < -0.3 is 9.64 Å². The van der Waals surface area contributed by atoms with Gasteiger partial charge in [0.2, 0.25) is 11.8 Å². The molecule has 0 N–H and O–H groups in total. The van der Waals surface area contributed by atoms with Gasteiger partial charge in [-0.15, -0.1) is 0 Å². The molecule has 1 spiro atoms. The smallest absolute Gasteiger partial charge is 0.248 e. The van der Waals surface area contributed by atoms with Crippen molar-refractivity contribution in [3.63, 3.8) is 0 Å². The van der Waals surface area contributed by atoms with Gasteiger partial charge in [0.15, 0.2) is 0 Å². The molecular weight excluding hydrogens is 388 g/mol. The van der Waals surface area contributed by atoms with E-state index in [2.05, 4.69) is 6.20 Å². The van der Waals surface area contributed by atoms with E-state index in [1.807, 2.05) is 39.9 Å². The summed E-state index contributed by atoms with van der Waals surface area (Å²) in [7, 11) is 0. The molecule has 3 aliphatic rings. The second-order valence-electron chi connectivity index (χ2n) is 8.83. The Morgan fingerprint density at radius 2 is 1.77 bits per heavy atom. The van der Waals surface area contributed by atoms with E-state index in [9.17, 15) is 13.6 Å². The molecule has 1 amide bonds. The van der Waals surface area contributed by atoms with Gasteiger partial charge in [0, 0.05) is 38.0 Å². The number of halogens is 2. The topological polar surface area (TPSA) is 47.4 Å². The molecule has 0 unspecified atom stereocenters. The van der Waals surface area contributed by atoms with Crippen LogP contribution in [0, 0.1) is 5.92 Å². The van der Waals surface area contributed by atoms with E-state index in [-0.39, 0.29) is 37.5 Å². The molecule has 0 bridgehead atoms. The first-order valence-corrected chi connectivity index (χ1v) is 10.9. The first-order valence-electron chi connectivity index (χ1n) is 10.9. The summed E-state index contributed by atoms with van der Waals surface area (Å²) in [6.07, 6.45) is 4.54. The Kier molecular flexibility index (Phi) is 4.88. The van der Waals surface area contributed by atoms with Crippen LogP contribution in [0.3, 0.4) is 0 Å². The Hall–Kier alpha value is -2.28. The Morgan fingerprint density at radius 1 is 1.07 bits per heavy atom. The van der Waals surface area contributed by atoms with E-state index in [0.29, 0.717) is 32.5 Å². The molecule has 2 fully saturated rings. The summed E-state index contributed by atoms with van der Waals surface area (Å²) in [5, 5.41) is 4.88. The largest absolute Gasteiger partial charge is 0.368 e. The van der Waals surface area contributed by atoms with Gasteiger partial charge in [-0.05, 0) is 49.8 Å². The number of nitrogens with zero attached hydrogens (tertiary/aromatic N) is 3. The van der Waals surface area contributed by atoms with Crippen LogP contribution in [-0.2, 0) is 21.6 Å². The molecule has 1 saturated carbocycles. The summed E-state index contributed by atoms with van der Waals surface area (Å²) in [6, 6.07) is 10.0. The lowest BCUT2D eigenvalue weighted by molar-refractivity contribution is -0.148. The Balaban J connectivity index is 1.30. The molecule has 1 aliphatic carbocycles. The third kappa shape index (κ3) is 3.53. The first kappa shape index (κ1) is 19.7. The number of piperidine rings is 1. The van der Waals surface area contributed by atoms with E-state index in [0.717, 1.165) is 17.8 Å². The number of hydrogen-bond acceptors (Lipinski definition) is 3. The standard InChI is InChI=1S/C23H27F2N3O2/c24-23(25)9-6-17(7-10-23)21(29)27-13-11-22(12-14-27)20-18(8-15-30-22)16-28(26-20)19-4-2-1-3-5-19/h1-5,16-17H,6-15H2. The van der Waals surface area contributed by atoms with Crippen LogP contribution in [0.4, 0.5) is 8.78 Å². The van der Waals surface area contributed by atoms with Crippen LogP contribution in [-0.4, -0.2) is 46.2 Å². The average Bonchev–Trinajstić information content (AvgIpc) is 3.21. The van der Waals surface area contributed by atoms with Gasteiger partial charge in [-0.25, -0.2) is 13.5 Å². The molecule has 1 aromatic heterocycles. The number of ether oxygens (including phenoxy) is 1. The number of alkyl halides is 2. The third-order valence-electron chi connectivity index (χ3n) is 6.94. The van der Waals surface area contributed by atoms with Crippen molar-refractivity contribution in [2.45, 2.75) is 56.5 Å². The van der Waals surface area contributed by atoms with Gasteiger partial charge in [-0.2, -0.15) is 5.10 Å². The van der Waals surface area contributed by atoms with E-state index >= 15 is 0 Å². The number of aromatic nitrogens is 2. The summed E-state index contributed by atoms with van der Waals surface area (Å²) >= 11 is 0. The van der Waals surface area contributed by atoms with Crippen molar-refractivity contribution in [3.8, 4) is 5.69 Å². The van der Waals surface area contributed by atoms with Gasteiger partial charge in [0.1, 0.15) is 5.60 Å². The quantitative estimate of drug-likeness (QED) is 0.742. The lowest BCUT2D eigenvalue weighted by Crippen LogP contribution is -2.50. The van der Waals surface area contributed by atoms with Crippen molar-refractivity contribution >= 4 is 5.91 Å². The number of carbonyl (C=O) groups is 1. The Bertz CT molecular complexity index is 910. The lowest BCUT2D eigenvalue weighted by atomic mass is 9.82. The highest BCUT2D eigenvalue weighted by molar-refractivity contribution is 5.79. The van der Waals surface area contributed by atoms with Crippen molar-refractivity contribution in [1.82, 2.24) is 14.7 Å². The third-order valence-corrected chi connectivity index (χ3v) is 6.94. The minimum absolute atomic E-state index is 0.0335. The molecule has 2 aromatic rings. The van der Waals surface area contributed by atoms with Crippen LogP contribution in [0.5, 0.6) is 0 Å². The molecule has 30 heavy (non-hydrogen) atoms. The SMILES string of the molecule is O=C(C1CCC(F)(F)CC1)N1CCC2(CC1)OCCc1cn(-c3ccccc3)nc12. The fraction of sp³-hybridized carbons (Fsp3) is 0.565. The number of benzene rings is 1. The van der Waals surface area contributed by atoms with Crippen molar-refractivity contribution in [1.29, 1.82) is 0 Å². The van der Waals surface area contributed by atoms with Gasteiger partial charge in [-0.3, -0.25) is 4.79 Å². The summed E-state index contributed by atoms with van der Waals surface area (Å²) in [5.74, 6) is -2.84. The maximum Gasteiger partial charge on any atom is 0.248 e. The number of carbonyl (C=O) groups excluding carboxylic acids is 1. The molecule has 1 aromatic carbocycles. The van der Waals surface area contributed by atoms with Gasteiger partial charge in [0.05, 0.1) is 18.0 Å². The van der Waals surface area contributed by atoms with Crippen LogP contribution in [0.2, 0.25) is 0 Å².